The Morgan fingerprint density at radius 1 is 0.871 bits per heavy atom. The van der Waals surface area contributed by atoms with Crippen molar-refractivity contribution >= 4 is 11.8 Å². The Bertz CT molecular complexity index is 757. The van der Waals surface area contributed by atoms with E-state index in [9.17, 15) is 9.59 Å². The first kappa shape index (κ1) is 23.8. The summed E-state index contributed by atoms with van der Waals surface area (Å²) in [6, 6.07) is 0.652. The predicted octanol–water partition coefficient (Wildman–Crippen LogP) is 4.21. The average molecular weight is 431 g/mol. The Balaban J connectivity index is 1.47. The van der Waals surface area contributed by atoms with Crippen molar-refractivity contribution in [1.29, 1.82) is 0 Å². The minimum atomic E-state index is 0.119. The molecular formula is C25H42N4O2. The van der Waals surface area contributed by atoms with Gasteiger partial charge in [-0.3, -0.25) is 14.3 Å². The van der Waals surface area contributed by atoms with Crippen LogP contribution in [0.1, 0.15) is 95.0 Å². The van der Waals surface area contributed by atoms with Gasteiger partial charge in [-0.2, -0.15) is 5.10 Å². The lowest BCUT2D eigenvalue weighted by Crippen LogP contribution is -2.41. The Kier molecular flexibility index (Phi) is 8.56. The Morgan fingerprint density at radius 2 is 1.39 bits per heavy atom. The average Bonchev–Trinajstić information content (AvgIpc) is 3.01. The molecule has 174 valence electrons. The summed E-state index contributed by atoms with van der Waals surface area (Å²) in [5.74, 6) is 1.41. The summed E-state index contributed by atoms with van der Waals surface area (Å²) >= 11 is 0. The molecule has 1 aromatic heterocycles. The second kappa shape index (κ2) is 11.1. The quantitative estimate of drug-likeness (QED) is 0.648. The fourth-order valence-electron chi connectivity index (χ4n) is 5.38. The zero-order valence-corrected chi connectivity index (χ0v) is 20.0. The summed E-state index contributed by atoms with van der Waals surface area (Å²) in [4.78, 5) is 25.0. The molecule has 2 aliphatic rings. The number of hydrogen-bond donors (Lipinski definition) is 2. The van der Waals surface area contributed by atoms with Gasteiger partial charge in [-0.15, -0.1) is 0 Å². The highest BCUT2D eigenvalue weighted by atomic mass is 16.2. The molecule has 2 aliphatic carbocycles. The molecule has 0 aliphatic heterocycles. The van der Waals surface area contributed by atoms with Crippen molar-refractivity contribution in [1.82, 2.24) is 20.4 Å². The van der Waals surface area contributed by atoms with Gasteiger partial charge in [0.25, 0.3) is 0 Å². The first-order valence-corrected chi connectivity index (χ1v) is 12.5. The van der Waals surface area contributed by atoms with Crippen molar-refractivity contribution in [3.63, 3.8) is 0 Å². The van der Waals surface area contributed by atoms with Crippen molar-refractivity contribution in [2.24, 2.45) is 11.8 Å². The van der Waals surface area contributed by atoms with E-state index in [0.717, 1.165) is 29.8 Å². The molecule has 2 amide bonds. The van der Waals surface area contributed by atoms with Gasteiger partial charge in [0.1, 0.15) is 0 Å². The summed E-state index contributed by atoms with van der Waals surface area (Å²) in [6.07, 6.45) is 11.3. The molecule has 2 N–H and O–H groups in total. The zero-order chi connectivity index (χ0) is 22.4. The molecular weight excluding hydrogens is 388 g/mol. The number of nitrogens with one attached hydrogen (secondary N) is 2. The number of aromatic nitrogens is 2. The van der Waals surface area contributed by atoms with E-state index < -0.39 is 0 Å². The fraction of sp³-hybridized carbons (Fsp3) is 0.800. The number of aryl methyl sites for hydroxylation is 2. The van der Waals surface area contributed by atoms with Gasteiger partial charge in [-0.1, -0.05) is 39.5 Å². The normalized spacial score (nSPS) is 26.5. The van der Waals surface area contributed by atoms with Crippen LogP contribution in [0.25, 0.3) is 0 Å². The van der Waals surface area contributed by atoms with Crippen LogP contribution < -0.4 is 10.6 Å². The van der Waals surface area contributed by atoms with Crippen LogP contribution in [0, 0.1) is 25.7 Å². The molecule has 4 atom stereocenters. The third kappa shape index (κ3) is 6.56. The molecule has 0 radical (unpaired) electrons. The standard InChI is InChI=1S/C25H42N4O2/c1-17-9-5-7-11-22(17)26-24(30)14-13-21-19(3)28-29(20(21)4)16-15-25(31)27-23-12-8-6-10-18(23)2/h17-18,22-23H,5-16H2,1-4H3,(H,26,30)(H,27,31). The van der Waals surface area contributed by atoms with Crippen LogP contribution in [0.3, 0.4) is 0 Å². The topological polar surface area (TPSA) is 76.0 Å². The maximum absolute atomic E-state index is 12.5. The number of rotatable bonds is 8. The molecule has 0 aromatic carbocycles. The lowest BCUT2D eigenvalue weighted by atomic mass is 9.86. The Labute approximate surface area is 187 Å². The number of nitrogens with zero attached hydrogens (tertiary/aromatic N) is 2. The van der Waals surface area contributed by atoms with E-state index in [4.69, 9.17) is 0 Å². The molecule has 0 saturated heterocycles. The SMILES string of the molecule is Cc1nn(CCC(=O)NC2CCCCC2C)c(C)c1CCC(=O)NC1CCCCC1C. The van der Waals surface area contributed by atoms with E-state index in [1.165, 1.54) is 38.5 Å². The van der Waals surface area contributed by atoms with E-state index in [1.54, 1.807) is 0 Å². The van der Waals surface area contributed by atoms with Crippen LogP contribution in [0.4, 0.5) is 0 Å². The fourth-order valence-corrected chi connectivity index (χ4v) is 5.38. The third-order valence-electron chi connectivity index (χ3n) is 7.60. The largest absolute Gasteiger partial charge is 0.353 e. The smallest absolute Gasteiger partial charge is 0.222 e. The molecule has 6 nitrogen and oxygen atoms in total. The summed E-state index contributed by atoms with van der Waals surface area (Å²) in [5.41, 5.74) is 3.20. The molecule has 31 heavy (non-hydrogen) atoms. The van der Waals surface area contributed by atoms with Crippen molar-refractivity contribution in [3.8, 4) is 0 Å². The molecule has 4 unspecified atom stereocenters. The molecule has 0 bridgehead atoms. The maximum Gasteiger partial charge on any atom is 0.222 e. The second-order valence-electron chi connectivity index (χ2n) is 9.99. The van der Waals surface area contributed by atoms with Crippen molar-refractivity contribution < 1.29 is 9.59 Å². The van der Waals surface area contributed by atoms with Crippen LogP contribution in [0.5, 0.6) is 0 Å². The van der Waals surface area contributed by atoms with Crippen molar-refractivity contribution in [3.05, 3.63) is 17.0 Å². The molecule has 0 spiro atoms. The third-order valence-corrected chi connectivity index (χ3v) is 7.60. The van der Waals surface area contributed by atoms with E-state index in [0.29, 0.717) is 49.7 Å². The van der Waals surface area contributed by atoms with Crippen LogP contribution in [0.2, 0.25) is 0 Å². The molecule has 2 saturated carbocycles. The van der Waals surface area contributed by atoms with Crippen molar-refractivity contribution in [2.45, 2.75) is 117 Å². The highest BCUT2D eigenvalue weighted by molar-refractivity contribution is 5.77. The Hall–Kier alpha value is -1.85. The summed E-state index contributed by atoms with van der Waals surface area (Å²) in [5, 5.41) is 11.1. The van der Waals surface area contributed by atoms with Gasteiger partial charge < -0.3 is 10.6 Å². The summed E-state index contributed by atoms with van der Waals surface area (Å²) in [7, 11) is 0. The highest BCUT2D eigenvalue weighted by Crippen LogP contribution is 2.25. The molecule has 2 fully saturated rings. The van der Waals surface area contributed by atoms with Gasteiger partial charge in [0.05, 0.1) is 5.69 Å². The van der Waals surface area contributed by atoms with Gasteiger partial charge in [-0.05, 0) is 63.4 Å². The predicted molar refractivity (Wildman–Crippen MR) is 124 cm³/mol. The zero-order valence-electron chi connectivity index (χ0n) is 20.0. The number of amides is 2. The second-order valence-corrected chi connectivity index (χ2v) is 9.99. The van der Waals surface area contributed by atoms with Crippen molar-refractivity contribution in [2.75, 3.05) is 0 Å². The van der Waals surface area contributed by atoms with Crippen LogP contribution in [-0.4, -0.2) is 33.7 Å². The molecule has 6 heteroatoms. The van der Waals surface area contributed by atoms with E-state index in [-0.39, 0.29) is 11.8 Å². The molecule has 1 aromatic rings. The molecule has 3 rings (SSSR count). The first-order valence-electron chi connectivity index (χ1n) is 12.5. The minimum absolute atomic E-state index is 0.119. The van der Waals surface area contributed by atoms with Crippen LogP contribution in [-0.2, 0) is 22.6 Å². The number of hydrogen-bond acceptors (Lipinski definition) is 3. The van der Waals surface area contributed by atoms with E-state index in [1.807, 2.05) is 11.6 Å². The highest BCUT2D eigenvalue weighted by Gasteiger charge is 2.24. The number of carbonyl (C=O) groups excluding carboxylic acids is 2. The minimum Gasteiger partial charge on any atom is -0.353 e. The first-order chi connectivity index (χ1) is 14.8. The maximum atomic E-state index is 12.5. The van der Waals surface area contributed by atoms with Gasteiger partial charge >= 0.3 is 0 Å². The van der Waals surface area contributed by atoms with E-state index in [2.05, 4.69) is 36.5 Å². The summed E-state index contributed by atoms with van der Waals surface area (Å²) < 4.78 is 1.94. The van der Waals surface area contributed by atoms with Gasteiger partial charge in [0.15, 0.2) is 0 Å². The monoisotopic (exact) mass is 430 g/mol. The van der Waals surface area contributed by atoms with Crippen LogP contribution in [0.15, 0.2) is 0 Å². The number of carbonyl (C=O) groups is 2. The van der Waals surface area contributed by atoms with E-state index >= 15 is 0 Å². The van der Waals surface area contributed by atoms with Crippen LogP contribution >= 0.6 is 0 Å². The molecule has 1 heterocycles. The summed E-state index contributed by atoms with van der Waals surface area (Å²) in [6.45, 7) is 9.13. The Morgan fingerprint density at radius 3 is 1.94 bits per heavy atom. The van der Waals surface area contributed by atoms with Gasteiger partial charge in [-0.25, -0.2) is 0 Å². The lowest BCUT2D eigenvalue weighted by molar-refractivity contribution is -0.123. The van der Waals surface area contributed by atoms with Gasteiger partial charge in [0.2, 0.25) is 11.8 Å². The van der Waals surface area contributed by atoms with Gasteiger partial charge in [0, 0.05) is 37.2 Å². The lowest BCUT2D eigenvalue weighted by Gasteiger charge is -2.29.